The van der Waals surface area contributed by atoms with Crippen molar-refractivity contribution in [2.24, 2.45) is 5.92 Å². The van der Waals surface area contributed by atoms with Gasteiger partial charge in [0, 0.05) is 30.9 Å². The molecule has 0 atom stereocenters. The van der Waals surface area contributed by atoms with E-state index in [2.05, 4.69) is 10.3 Å². The zero-order chi connectivity index (χ0) is 18.6. The molecule has 2 aromatic rings. The van der Waals surface area contributed by atoms with Crippen LogP contribution in [0.5, 0.6) is 0 Å². The molecule has 1 aliphatic carbocycles. The van der Waals surface area contributed by atoms with Gasteiger partial charge in [-0.1, -0.05) is 30.7 Å². The zero-order valence-electron chi connectivity index (χ0n) is 15.3. The summed E-state index contributed by atoms with van der Waals surface area (Å²) in [5, 5.41) is 2.96. The van der Waals surface area contributed by atoms with E-state index in [-0.39, 0.29) is 23.9 Å². The molecule has 1 saturated carbocycles. The summed E-state index contributed by atoms with van der Waals surface area (Å²) in [6.07, 6.45) is 4.90. The molecule has 1 N–H and O–H groups in total. The predicted molar refractivity (Wildman–Crippen MR) is 103 cm³/mol. The third-order valence-corrected chi connectivity index (χ3v) is 5.41. The number of hydrogen-bond donors (Lipinski definition) is 1. The molecule has 3 amide bonds. The van der Waals surface area contributed by atoms with Crippen LogP contribution >= 0.6 is 0 Å². The van der Waals surface area contributed by atoms with Gasteiger partial charge in [0.2, 0.25) is 5.91 Å². The number of urea groups is 1. The van der Waals surface area contributed by atoms with Crippen molar-refractivity contribution in [3.05, 3.63) is 60.4 Å². The van der Waals surface area contributed by atoms with E-state index < -0.39 is 0 Å². The van der Waals surface area contributed by atoms with Crippen molar-refractivity contribution in [1.29, 1.82) is 0 Å². The fraction of sp³-hybridized carbons (Fsp3) is 0.381. The average molecular weight is 364 g/mol. The van der Waals surface area contributed by atoms with Crippen molar-refractivity contribution in [2.75, 3.05) is 18.4 Å². The molecule has 0 radical (unpaired) electrons. The highest BCUT2D eigenvalue weighted by Gasteiger charge is 2.40. The van der Waals surface area contributed by atoms with E-state index in [9.17, 15) is 9.59 Å². The molecule has 140 valence electrons. The van der Waals surface area contributed by atoms with Crippen molar-refractivity contribution in [3.63, 3.8) is 0 Å². The van der Waals surface area contributed by atoms with E-state index in [0.717, 1.165) is 30.6 Å². The maximum atomic E-state index is 12.9. The number of para-hydroxylation sites is 1. The second kappa shape index (κ2) is 7.78. The van der Waals surface area contributed by atoms with Gasteiger partial charge < -0.3 is 15.1 Å². The van der Waals surface area contributed by atoms with Crippen molar-refractivity contribution in [3.8, 4) is 0 Å². The Labute approximate surface area is 159 Å². The van der Waals surface area contributed by atoms with Crippen LogP contribution in [-0.4, -0.2) is 45.9 Å². The van der Waals surface area contributed by atoms with Crippen molar-refractivity contribution in [1.82, 2.24) is 14.8 Å². The van der Waals surface area contributed by atoms with Gasteiger partial charge in [0.1, 0.15) is 0 Å². The molecule has 2 aliphatic rings. The molecule has 0 spiro atoms. The van der Waals surface area contributed by atoms with Crippen LogP contribution in [0, 0.1) is 5.92 Å². The normalized spacial score (nSPS) is 17.0. The van der Waals surface area contributed by atoms with E-state index in [0.29, 0.717) is 19.6 Å². The Bertz CT molecular complexity index is 786. The second-order valence-electron chi connectivity index (χ2n) is 7.27. The molecule has 1 aliphatic heterocycles. The zero-order valence-corrected chi connectivity index (χ0v) is 15.3. The minimum Gasteiger partial charge on any atom is -0.338 e. The fourth-order valence-corrected chi connectivity index (χ4v) is 3.50. The van der Waals surface area contributed by atoms with E-state index in [1.54, 1.807) is 11.1 Å². The fourth-order valence-electron chi connectivity index (χ4n) is 3.50. The summed E-state index contributed by atoms with van der Waals surface area (Å²) in [7, 11) is 0. The van der Waals surface area contributed by atoms with Crippen molar-refractivity contribution < 1.29 is 9.59 Å². The van der Waals surface area contributed by atoms with Crippen molar-refractivity contribution in [2.45, 2.75) is 31.8 Å². The maximum absolute atomic E-state index is 12.9. The molecule has 0 unspecified atom stereocenters. The molecule has 2 fully saturated rings. The number of benzene rings is 1. The lowest BCUT2D eigenvalue weighted by Crippen LogP contribution is -2.63. The minimum absolute atomic E-state index is 0.0137. The number of amides is 3. The molecule has 6 nitrogen and oxygen atoms in total. The molecule has 2 heterocycles. The quantitative estimate of drug-likeness (QED) is 0.886. The Morgan fingerprint density at radius 1 is 1.07 bits per heavy atom. The Hall–Kier alpha value is -2.89. The van der Waals surface area contributed by atoms with Crippen LogP contribution in [-0.2, 0) is 11.3 Å². The number of rotatable bonds is 5. The highest BCUT2D eigenvalue weighted by molar-refractivity contribution is 5.90. The second-order valence-corrected chi connectivity index (χ2v) is 7.27. The van der Waals surface area contributed by atoms with Gasteiger partial charge in [0.25, 0.3) is 0 Å². The third-order valence-electron chi connectivity index (χ3n) is 5.41. The standard InChI is InChI=1S/C21H24N4O2/c26-20(16-7-6-8-16)24-14-19(15-24)25(13-18-11-4-5-12-22-18)21(27)23-17-9-2-1-3-10-17/h1-5,9-12,16,19H,6-8,13-15H2,(H,23,27). The predicted octanol–water partition coefficient (Wildman–Crippen LogP) is 3.13. The Kier molecular flexibility index (Phi) is 5.05. The number of carbonyl (C=O) groups is 2. The van der Waals surface area contributed by atoms with Gasteiger partial charge in [0.15, 0.2) is 0 Å². The van der Waals surface area contributed by atoms with Crippen LogP contribution in [0.4, 0.5) is 10.5 Å². The minimum atomic E-state index is -0.160. The summed E-state index contributed by atoms with van der Waals surface area (Å²) in [6, 6.07) is 15.0. The van der Waals surface area contributed by atoms with Crippen LogP contribution in [0.15, 0.2) is 54.7 Å². The van der Waals surface area contributed by atoms with E-state index >= 15 is 0 Å². The lowest BCUT2D eigenvalue weighted by atomic mass is 9.83. The van der Waals surface area contributed by atoms with Gasteiger partial charge >= 0.3 is 6.03 Å². The van der Waals surface area contributed by atoms with Crippen LogP contribution in [0.1, 0.15) is 25.0 Å². The molecule has 1 saturated heterocycles. The third kappa shape index (κ3) is 3.94. The van der Waals surface area contributed by atoms with Gasteiger partial charge in [-0.15, -0.1) is 0 Å². The van der Waals surface area contributed by atoms with Crippen LogP contribution in [0.2, 0.25) is 0 Å². The number of hydrogen-bond acceptors (Lipinski definition) is 3. The maximum Gasteiger partial charge on any atom is 0.322 e. The molecule has 1 aromatic carbocycles. The van der Waals surface area contributed by atoms with E-state index in [1.165, 1.54) is 0 Å². The number of likely N-dealkylation sites (tertiary alicyclic amines) is 1. The largest absolute Gasteiger partial charge is 0.338 e. The highest BCUT2D eigenvalue weighted by atomic mass is 16.2. The van der Waals surface area contributed by atoms with Gasteiger partial charge in [-0.25, -0.2) is 4.79 Å². The molecule has 6 heteroatoms. The van der Waals surface area contributed by atoms with Crippen molar-refractivity contribution >= 4 is 17.6 Å². The summed E-state index contributed by atoms with van der Waals surface area (Å²) in [4.78, 5) is 33.3. The van der Waals surface area contributed by atoms with Crippen LogP contribution in [0.25, 0.3) is 0 Å². The average Bonchev–Trinajstić information content (AvgIpc) is 2.60. The van der Waals surface area contributed by atoms with Gasteiger partial charge in [-0.2, -0.15) is 0 Å². The molecular formula is C21H24N4O2. The SMILES string of the molecule is O=C(C1CCC1)N1CC(N(Cc2ccccn2)C(=O)Nc2ccccc2)C1. The van der Waals surface area contributed by atoms with Crippen LogP contribution < -0.4 is 5.32 Å². The highest BCUT2D eigenvalue weighted by Crippen LogP contribution is 2.31. The first-order chi connectivity index (χ1) is 13.2. The Morgan fingerprint density at radius 3 is 2.44 bits per heavy atom. The number of nitrogens with one attached hydrogen (secondary N) is 1. The molecule has 1 aromatic heterocycles. The lowest BCUT2D eigenvalue weighted by Gasteiger charge is -2.47. The Morgan fingerprint density at radius 2 is 1.81 bits per heavy atom. The smallest absolute Gasteiger partial charge is 0.322 e. The molecule has 4 rings (SSSR count). The summed E-state index contributed by atoms with van der Waals surface area (Å²) in [5.41, 5.74) is 1.60. The topological polar surface area (TPSA) is 65.5 Å². The van der Waals surface area contributed by atoms with Crippen LogP contribution in [0.3, 0.4) is 0 Å². The number of anilines is 1. The first-order valence-electron chi connectivity index (χ1n) is 9.52. The number of aromatic nitrogens is 1. The first-order valence-corrected chi connectivity index (χ1v) is 9.52. The lowest BCUT2D eigenvalue weighted by molar-refractivity contribution is -0.145. The van der Waals surface area contributed by atoms with Gasteiger partial charge in [-0.05, 0) is 37.1 Å². The summed E-state index contributed by atoms with van der Waals surface area (Å²) in [5.74, 6) is 0.451. The number of pyridine rings is 1. The summed E-state index contributed by atoms with van der Waals surface area (Å²) in [6.45, 7) is 1.63. The van der Waals surface area contributed by atoms with Gasteiger partial charge in [0.05, 0.1) is 18.3 Å². The molecule has 27 heavy (non-hydrogen) atoms. The number of nitrogens with zero attached hydrogens (tertiary/aromatic N) is 3. The Balaban J connectivity index is 1.43. The molecule has 0 bridgehead atoms. The van der Waals surface area contributed by atoms with E-state index in [4.69, 9.17) is 0 Å². The molecular weight excluding hydrogens is 340 g/mol. The summed E-state index contributed by atoms with van der Waals surface area (Å²) >= 11 is 0. The van der Waals surface area contributed by atoms with E-state index in [1.807, 2.05) is 53.4 Å². The van der Waals surface area contributed by atoms with Gasteiger partial charge in [-0.3, -0.25) is 9.78 Å². The monoisotopic (exact) mass is 364 g/mol. The summed E-state index contributed by atoms with van der Waals surface area (Å²) < 4.78 is 0. The number of carbonyl (C=O) groups excluding carboxylic acids is 2. The first kappa shape index (κ1) is 17.5.